The Labute approximate surface area is 164 Å². The van der Waals surface area contributed by atoms with Crippen molar-refractivity contribution in [2.24, 2.45) is 0 Å². The zero-order valence-corrected chi connectivity index (χ0v) is 17.0. The molecule has 27 heavy (non-hydrogen) atoms. The van der Waals surface area contributed by atoms with Gasteiger partial charge in [-0.2, -0.15) is 0 Å². The van der Waals surface area contributed by atoms with Crippen LogP contribution in [0.4, 0.5) is 0 Å². The molecular formula is C24H34N2O. The number of aryl methyl sites for hydroxylation is 1. The molecule has 0 radical (unpaired) electrons. The van der Waals surface area contributed by atoms with E-state index in [1.807, 2.05) is 43.6 Å². The van der Waals surface area contributed by atoms with Crippen molar-refractivity contribution < 1.29 is 4.74 Å². The third-order valence-corrected chi connectivity index (χ3v) is 4.66. The van der Waals surface area contributed by atoms with Crippen molar-refractivity contribution >= 4 is 0 Å². The highest BCUT2D eigenvalue weighted by molar-refractivity contribution is 5.63. The number of rotatable bonds is 13. The van der Waals surface area contributed by atoms with Crippen LogP contribution >= 0.6 is 0 Å². The Balaban J connectivity index is 1.86. The third-order valence-electron chi connectivity index (χ3n) is 4.66. The van der Waals surface area contributed by atoms with Crippen LogP contribution in [0.1, 0.15) is 70.8 Å². The number of nitrogens with zero attached hydrogens (tertiary/aromatic N) is 2. The lowest BCUT2D eigenvalue weighted by Crippen LogP contribution is -2.00. The van der Waals surface area contributed by atoms with Crippen LogP contribution in [0.25, 0.3) is 11.4 Å². The van der Waals surface area contributed by atoms with Crippen molar-refractivity contribution in [2.45, 2.75) is 71.6 Å². The van der Waals surface area contributed by atoms with Gasteiger partial charge in [0.05, 0.1) is 12.2 Å². The SMILES string of the molecule is CC=CCCCOc1ccccc1-c1ncc(CCCCCCCC)cn1. The van der Waals surface area contributed by atoms with Crippen molar-refractivity contribution in [1.82, 2.24) is 9.97 Å². The summed E-state index contributed by atoms with van der Waals surface area (Å²) in [5, 5.41) is 0. The predicted molar refractivity (Wildman–Crippen MR) is 114 cm³/mol. The predicted octanol–water partition coefficient (Wildman–Crippen LogP) is 6.78. The van der Waals surface area contributed by atoms with Crippen molar-refractivity contribution in [3.63, 3.8) is 0 Å². The molecule has 1 heterocycles. The summed E-state index contributed by atoms with van der Waals surface area (Å²) in [6.45, 7) is 5.01. The normalized spacial score (nSPS) is 11.2. The zero-order valence-electron chi connectivity index (χ0n) is 17.0. The third kappa shape index (κ3) is 7.94. The zero-order chi connectivity index (χ0) is 19.2. The lowest BCUT2D eigenvalue weighted by atomic mass is 10.1. The maximum absolute atomic E-state index is 5.97. The van der Waals surface area contributed by atoms with Gasteiger partial charge in [0.15, 0.2) is 5.82 Å². The minimum absolute atomic E-state index is 0.706. The maximum atomic E-state index is 5.97. The lowest BCUT2D eigenvalue weighted by molar-refractivity contribution is 0.313. The van der Waals surface area contributed by atoms with Gasteiger partial charge in [0, 0.05) is 12.4 Å². The highest BCUT2D eigenvalue weighted by Gasteiger charge is 2.08. The molecule has 0 atom stereocenters. The Morgan fingerprint density at radius 2 is 1.67 bits per heavy atom. The van der Waals surface area contributed by atoms with Gasteiger partial charge in [0.2, 0.25) is 0 Å². The van der Waals surface area contributed by atoms with Crippen LogP contribution in [0.2, 0.25) is 0 Å². The van der Waals surface area contributed by atoms with E-state index in [9.17, 15) is 0 Å². The minimum Gasteiger partial charge on any atom is -0.493 e. The first-order valence-electron chi connectivity index (χ1n) is 10.5. The average molecular weight is 367 g/mol. The summed E-state index contributed by atoms with van der Waals surface area (Å²) in [6, 6.07) is 8.04. The van der Waals surface area contributed by atoms with Crippen LogP contribution < -0.4 is 4.74 Å². The Bertz CT molecular complexity index is 664. The molecule has 0 saturated heterocycles. The molecule has 0 saturated carbocycles. The first-order chi connectivity index (χ1) is 13.3. The van der Waals surface area contributed by atoms with E-state index in [4.69, 9.17) is 4.74 Å². The second-order valence-corrected chi connectivity index (χ2v) is 6.99. The van der Waals surface area contributed by atoms with E-state index in [0.717, 1.165) is 36.4 Å². The highest BCUT2D eigenvalue weighted by Crippen LogP contribution is 2.27. The molecule has 0 aliphatic heterocycles. The Kier molecular flexibility index (Phi) is 10.2. The second-order valence-electron chi connectivity index (χ2n) is 6.99. The minimum atomic E-state index is 0.706. The highest BCUT2D eigenvalue weighted by atomic mass is 16.5. The number of hydrogen-bond donors (Lipinski definition) is 0. The molecule has 0 amide bonds. The van der Waals surface area contributed by atoms with Gasteiger partial charge in [0.25, 0.3) is 0 Å². The molecule has 2 aromatic rings. The van der Waals surface area contributed by atoms with Crippen molar-refractivity contribution in [1.29, 1.82) is 0 Å². The number of allylic oxidation sites excluding steroid dienone is 2. The molecule has 0 bridgehead atoms. The number of hydrogen-bond acceptors (Lipinski definition) is 3. The second kappa shape index (κ2) is 13.1. The number of para-hydroxylation sites is 1. The molecule has 0 unspecified atom stereocenters. The molecule has 146 valence electrons. The first-order valence-corrected chi connectivity index (χ1v) is 10.5. The molecule has 3 nitrogen and oxygen atoms in total. The monoisotopic (exact) mass is 366 g/mol. The Morgan fingerprint density at radius 1 is 0.926 bits per heavy atom. The average Bonchev–Trinajstić information content (AvgIpc) is 2.71. The molecule has 0 aliphatic rings. The topological polar surface area (TPSA) is 35.0 Å². The molecule has 0 N–H and O–H groups in total. The number of benzene rings is 1. The lowest BCUT2D eigenvalue weighted by Gasteiger charge is -2.10. The van der Waals surface area contributed by atoms with Gasteiger partial charge in [-0.3, -0.25) is 0 Å². The van der Waals surface area contributed by atoms with Crippen molar-refractivity contribution in [3.05, 3.63) is 54.4 Å². The summed E-state index contributed by atoms with van der Waals surface area (Å²) >= 11 is 0. The van der Waals surface area contributed by atoms with Crippen LogP contribution in [0.15, 0.2) is 48.8 Å². The smallest absolute Gasteiger partial charge is 0.162 e. The van der Waals surface area contributed by atoms with Crippen LogP contribution in [0, 0.1) is 0 Å². The van der Waals surface area contributed by atoms with Gasteiger partial charge in [-0.25, -0.2) is 9.97 Å². The number of aromatic nitrogens is 2. The van der Waals surface area contributed by atoms with E-state index in [2.05, 4.69) is 29.0 Å². The number of ether oxygens (including phenoxy) is 1. The summed E-state index contributed by atoms with van der Waals surface area (Å²) < 4.78 is 5.97. The van der Waals surface area contributed by atoms with Crippen molar-refractivity contribution in [2.75, 3.05) is 6.61 Å². The van der Waals surface area contributed by atoms with Crippen LogP contribution in [0.3, 0.4) is 0 Å². The van der Waals surface area contributed by atoms with Gasteiger partial charge in [-0.15, -0.1) is 0 Å². The summed E-state index contributed by atoms with van der Waals surface area (Å²) in [6.07, 6.45) is 19.2. The first kappa shape index (κ1) is 21.1. The molecule has 2 rings (SSSR count). The Hall–Kier alpha value is -2.16. The van der Waals surface area contributed by atoms with Crippen LogP contribution in [-0.2, 0) is 6.42 Å². The van der Waals surface area contributed by atoms with Gasteiger partial charge < -0.3 is 4.74 Å². The summed E-state index contributed by atoms with van der Waals surface area (Å²) in [5.74, 6) is 1.60. The van der Waals surface area contributed by atoms with Crippen LogP contribution in [-0.4, -0.2) is 16.6 Å². The molecular weight excluding hydrogens is 332 g/mol. The fourth-order valence-corrected chi connectivity index (χ4v) is 3.06. The Morgan fingerprint density at radius 3 is 2.44 bits per heavy atom. The van der Waals surface area contributed by atoms with E-state index in [-0.39, 0.29) is 0 Å². The molecule has 1 aromatic heterocycles. The molecule has 1 aromatic carbocycles. The van der Waals surface area contributed by atoms with E-state index in [0.29, 0.717) is 6.61 Å². The van der Waals surface area contributed by atoms with Crippen LogP contribution in [0.5, 0.6) is 5.75 Å². The van der Waals surface area contributed by atoms with E-state index in [1.165, 1.54) is 44.1 Å². The standard InChI is InChI=1S/C24H34N2O/c1-3-5-7-9-10-11-15-21-19-25-24(26-20-21)22-16-12-13-17-23(22)27-18-14-8-6-4-2/h4,6,12-13,16-17,19-20H,3,5,7-11,14-15,18H2,1-2H3. The van der Waals surface area contributed by atoms with Gasteiger partial charge >= 0.3 is 0 Å². The van der Waals surface area contributed by atoms with Crippen molar-refractivity contribution in [3.8, 4) is 17.1 Å². The molecule has 3 heteroatoms. The fourth-order valence-electron chi connectivity index (χ4n) is 3.06. The summed E-state index contributed by atoms with van der Waals surface area (Å²) in [5.41, 5.74) is 2.19. The van der Waals surface area contributed by atoms with E-state index < -0.39 is 0 Å². The van der Waals surface area contributed by atoms with E-state index in [1.54, 1.807) is 0 Å². The fraction of sp³-hybridized carbons (Fsp3) is 0.500. The largest absolute Gasteiger partial charge is 0.493 e. The summed E-state index contributed by atoms with van der Waals surface area (Å²) in [7, 11) is 0. The number of unbranched alkanes of at least 4 members (excludes halogenated alkanes) is 6. The van der Waals surface area contributed by atoms with Gasteiger partial charge in [-0.05, 0) is 50.3 Å². The molecule has 0 aliphatic carbocycles. The molecule has 0 fully saturated rings. The summed E-state index contributed by atoms with van der Waals surface area (Å²) in [4.78, 5) is 9.19. The molecule has 0 spiro atoms. The maximum Gasteiger partial charge on any atom is 0.162 e. The quantitative estimate of drug-likeness (QED) is 0.289. The van der Waals surface area contributed by atoms with Gasteiger partial charge in [-0.1, -0.05) is 63.3 Å². The van der Waals surface area contributed by atoms with Gasteiger partial charge in [0.1, 0.15) is 5.75 Å². The van der Waals surface area contributed by atoms with E-state index >= 15 is 0 Å².